The summed E-state index contributed by atoms with van der Waals surface area (Å²) < 4.78 is 0. The zero-order valence-corrected chi connectivity index (χ0v) is 24.1. The topological polar surface area (TPSA) is 35.9 Å². The first-order valence-corrected chi connectivity index (χ1v) is 15.1. The summed E-state index contributed by atoms with van der Waals surface area (Å²) in [6, 6.07) is 31.2. The molecule has 2 aliphatic heterocycles. The fourth-order valence-electron chi connectivity index (χ4n) is 4.84. The molecule has 0 bridgehead atoms. The number of aliphatic imine (C=N–C) groups is 1. The van der Waals surface area contributed by atoms with Crippen LogP contribution in [0.15, 0.2) is 123 Å². The first-order chi connectivity index (χ1) is 19.6. The summed E-state index contributed by atoms with van der Waals surface area (Å²) in [5.74, 6) is -0.000441. The molecule has 198 valence electrons. The van der Waals surface area contributed by atoms with Crippen molar-refractivity contribution in [3.63, 3.8) is 0 Å². The lowest BCUT2D eigenvalue weighted by Crippen LogP contribution is -2.28. The Kier molecular flexibility index (Phi) is 7.62. The molecule has 40 heavy (non-hydrogen) atoms. The molecule has 2 aliphatic rings. The first-order valence-electron chi connectivity index (χ1n) is 13.5. The van der Waals surface area contributed by atoms with Crippen LogP contribution in [0.2, 0.25) is 0 Å². The van der Waals surface area contributed by atoms with Crippen molar-refractivity contribution in [2.45, 2.75) is 18.7 Å². The highest BCUT2D eigenvalue weighted by Gasteiger charge is 2.32. The molecular weight excluding hydrogens is 531 g/mol. The Morgan fingerprint density at radius 3 is 2.17 bits per heavy atom. The van der Waals surface area contributed by atoms with Gasteiger partial charge in [0.25, 0.3) is 5.91 Å². The van der Waals surface area contributed by atoms with Crippen LogP contribution < -0.4 is 4.90 Å². The largest absolute Gasteiger partial charge is 0.335 e. The number of nitrogens with zero attached hydrogens (tertiary/aromatic N) is 3. The molecule has 2 heterocycles. The maximum atomic E-state index is 13.3. The predicted octanol–water partition coefficient (Wildman–Crippen LogP) is 8.95. The third-order valence-corrected chi connectivity index (χ3v) is 9.13. The van der Waals surface area contributed by atoms with Gasteiger partial charge in [-0.2, -0.15) is 0 Å². The van der Waals surface area contributed by atoms with Crippen LogP contribution in [0, 0.1) is 0 Å². The van der Waals surface area contributed by atoms with Crippen molar-refractivity contribution in [2.24, 2.45) is 4.99 Å². The number of allylic oxidation sites excluding steroid dienone is 2. The number of amides is 1. The maximum absolute atomic E-state index is 13.3. The van der Waals surface area contributed by atoms with Gasteiger partial charge < -0.3 is 4.90 Å². The summed E-state index contributed by atoms with van der Waals surface area (Å²) in [6.07, 6.45) is 8.22. The number of fused-ring (bicyclic) bond motifs is 3. The van der Waals surface area contributed by atoms with E-state index in [4.69, 9.17) is 4.99 Å². The Morgan fingerprint density at radius 1 is 0.725 bits per heavy atom. The van der Waals surface area contributed by atoms with Gasteiger partial charge in [-0.05, 0) is 77.9 Å². The molecule has 6 heteroatoms. The molecule has 4 nitrogen and oxygen atoms in total. The lowest BCUT2D eigenvalue weighted by molar-refractivity contribution is -0.122. The summed E-state index contributed by atoms with van der Waals surface area (Å²) >= 11 is 3.21. The van der Waals surface area contributed by atoms with E-state index < -0.39 is 0 Å². The zero-order valence-electron chi connectivity index (χ0n) is 22.5. The predicted molar refractivity (Wildman–Crippen MR) is 173 cm³/mol. The van der Waals surface area contributed by atoms with Gasteiger partial charge in [0.2, 0.25) is 0 Å². The minimum atomic E-state index is -0.000441. The van der Waals surface area contributed by atoms with E-state index >= 15 is 0 Å². The summed E-state index contributed by atoms with van der Waals surface area (Å²) in [5, 5.41) is 4.34. The molecule has 0 atom stereocenters. The standard InChI is InChI=1S/C34H29N3OS2/c1-3-36-29-21-18-26-12-8-9-13-28(26)32(29)40-31(36)23-22-30-33(38)37(4-2)34(39-30)35-27-19-16-25(17-20-27)15-14-24-10-6-5-7-11-24/h5-23H,3-4H2,1-2H3/b15-14+,30-22+,31-23+,35-34?. The summed E-state index contributed by atoms with van der Waals surface area (Å²) in [7, 11) is 0. The van der Waals surface area contributed by atoms with Gasteiger partial charge in [0, 0.05) is 18.0 Å². The van der Waals surface area contributed by atoms with Crippen LogP contribution in [0.5, 0.6) is 0 Å². The number of carbonyl (C=O) groups excluding carboxylic acids is 1. The quantitative estimate of drug-likeness (QED) is 0.174. The van der Waals surface area contributed by atoms with Crippen molar-refractivity contribution >= 4 is 68.9 Å². The van der Waals surface area contributed by atoms with Crippen molar-refractivity contribution in [1.29, 1.82) is 0 Å². The third-order valence-electron chi connectivity index (χ3n) is 6.91. The van der Waals surface area contributed by atoms with Gasteiger partial charge in [0.05, 0.1) is 21.3 Å². The maximum Gasteiger partial charge on any atom is 0.266 e. The average molecular weight is 560 g/mol. The van der Waals surface area contributed by atoms with E-state index in [2.05, 4.69) is 90.7 Å². The smallest absolute Gasteiger partial charge is 0.266 e. The average Bonchev–Trinajstić information content (AvgIpc) is 3.52. The number of benzene rings is 4. The van der Waals surface area contributed by atoms with Crippen molar-refractivity contribution in [1.82, 2.24) is 4.90 Å². The van der Waals surface area contributed by atoms with Crippen molar-refractivity contribution in [3.05, 3.63) is 124 Å². The highest BCUT2D eigenvalue weighted by atomic mass is 32.2. The van der Waals surface area contributed by atoms with E-state index in [1.807, 2.05) is 43.3 Å². The second-order valence-electron chi connectivity index (χ2n) is 9.40. The lowest BCUT2D eigenvalue weighted by Gasteiger charge is -2.17. The van der Waals surface area contributed by atoms with Gasteiger partial charge in [-0.25, -0.2) is 4.99 Å². The number of likely N-dealkylation sites (N-methyl/N-ethyl adjacent to an activating group) is 1. The van der Waals surface area contributed by atoms with Gasteiger partial charge >= 0.3 is 0 Å². The van der Waals surface area contributed by atoms with Crippen LogP contribution in [0.25, 0.3) is 22.9 Å². The van der Waals surface area contributed by atoms with Gasteiger partial charge in [-0.1, -0.05) is 96.7 Å². The molecule has 0 spiro atoms. The van der Waals surface area contributed by atoms with Crippen LogP contribution in [-0.2, 0) is 4.79 Å². The van der Waals surface area contributed by atoms with Crippen LogP contribution in [0.1, 0.15) is 25.0 Å². The summed E-state index contributed by atoms with van der Waals surface area (Å²) in [4.78, 5) is 24.1. The highest BCUT2D eigenvalue weighted by molar-refractivity contribution is 8.18. The number of amidine groups is 1. The Hall–Kier alpha value is -4.00. The Labute approximate surface area is 243 Å². The van der Waals surface area contributed by atoms with Crippen LogP contribution in [0.3, 0.4) is 0 Å². The fraction of sp³-hybridized carbons (Fsp3) is 0.118. The molecule has 0 unspecified atom stereocenters. The molecule has 0 aromatic heterocycles. The number of hydrogen-bond donors (Lipinski definition) is 0. The zero-order chi connectivity index (χ0) is 27.5. The molecule has 1 amide bonds. The Bertz CT molecular complexity index is 1690. The monoisotopic (exact) mass is 559 g/mol. The molecule has 0 saturated carbocycles. The minimum Gasteiger partial charge on any atom is -0.335 e. The van der Waals surface area contributed by atoms with E-state index in [9.17, 15) is 4.79 Å². The summed E-state index contributed by atoms with van der Waals surface area (Å²) in [6.45, 7) is 5.58. The van der Waals surface area contributed by atoms with E-state index in [0.717, 1.165) is 28.4 Å². The summed E-state index contributed by atoms with van der Waals surface area (Å²) in [5.41, 5.74) is 4.32. The number of rotatable bonds is 6. The second kappa shape index (κ2) is 11.6. The normalized spacial score (nSPS) is 18.2. The Balaban J connectivity index is 1.22. The van der Waals surface area contributed by atoms with Crippen LogP contribution in [0.4, 0.5) is 11.4 Å². The number of carbonyl (C=O) groups is 1. The molecule has 0 aliphatic carbocycles. The molecule has 1 fully saturated rings. The molecule has 4 aromatic carbocycles. The Morgan fingerprint density at radius 2 is 1.43 bits per heavy atom. The molecular formula is C34H29N3OS2. The SMILES string of the molecule is CCN1C(=O)/C(=C\C=C2\Sc3c(ccc4ccccc34)N2CC)SC1=Nc1ccc(/C=C/c2ccccc2)cc1. The van der Waals surface area contributed by atoms with E-state index in [1.54, 1.807) is 16.7 Å². The third kappa shape index (κ3) is 5.25. The number of thioether (sulfide) groups is 2. The van der Waals surface area contributed by atoms with Crippen molar-refractivity contribution in [2.75, 3.05) is 18.0 Å². The first kappa shape index (κ1) is 26.2. The number of hydrogen-bond acceptors (Lipinski definition) is 5. The van der Waals surface area contributed by atoms with Gasteiger partial charge in [0.1, 0.15) is 0 Å². The van der Waals surface area contributed by atoms with Gasteiger partial charge in [-0.3, -0.25) is 9.69 Å². The molecule has 1 saturated heterocycles. The molecule has 4 aromatic rings. The van der Waals surface area contributed by atoms with E-state index in [-0.39, 0.29) is 5.91 Å². The van der Waals surface area contributed by atoms with Crippen molar-refractivity contribution in [3.8, 4) is 0 Å². The molecule has 6 rings (SSSR count). The molecule has 0 radical (unpaired) electrons. The number of anilines is 1. The second-order valence-corrected chi connectivity index (χ2v) is 11.4. The van der Waals surface area contributed by atoms with Crippen LogP contribution in [-0.4, -0.2) is 29.1 Å². The van der Waals surface area contributed by atoms with Gasteiger partial charge in [0.15, 0.2) is 5.17 Å². The lowest BCUT2D eigenvalue weighted by atomic mass is 10.1. The van der Waals surface area contributed by atoms with E-state index in [1.165, 1.54) is 33.1 Å². The van der Waals surface area contributed by atoms with E-state index in [0.29, 0.717) is 16.6 Å². The molecule has 0 N–H and O–H groups in total. The van der Waals surface area contributed by atoms with Crippen molar-refractivity contribution < 1.29 is 4.79 Å². The van der Waals surface area contributed by atoms with Gasteiger partial charge in [-0.15, -0.1) is 0 Å². The highest BCUT2D eigenvalue weighted by Crippen LogP contribution is 2.49. The fourth-order valence-corrected chi connectivity index (χ4v) is 7.10. The minimum absolute atomic E-state index is 0.000441. The van der Waals surface area contributed by atoms with Crippen LogP contribution >= 0.6 is 23.5 Å².